The van der Waals surface area contributed by atoms with Crippen molar-refractivity contribution in [3.63, 3.8) is 0 Å². The fraction of sp³-hybridized carbons (Fsp3) is 0.471. The molecule has 1 aliphatic carbocycles. The Morgan fingerprint density at radius 3 is 2.47 bits per heavy atom. The summed E-state index contributed by atoms with van der Waals surface area (Å²) in [6.45, 7) is 6.99. The number of aryl methyl sites for hydroxylation is 3. The van der Waals surface area contributed by atoms with Crippen molar-refractivity contribution in [2.75, 3.05) is 0 Å². The molecule has 2 rings (SSSR count). The molecule has 102 valence electrons. The van der Waals surface area contributed by atoms with Crippen LogP contribution in [-0.4, -0.2) is 5.91 Å². The van der Waals surface area contributed by atoms with Gasteiger partial charge < -0.3 is 5.32 Å². The summed E-state index contributed by atoms with van der Waals surface area (Å²) in [7, 11) is 0. The molecule has 1 atom stereocenters. The van der Waals surface area contributed by atoms with Gasteiger partial charge in [0.05, 0.1) is 0 Å². The number of amides is 1. The van der Waals surface area contributed by atoms with E-state index in [4.69, 9.17) is 0 Å². The predicted octanol–water partition coefficient (Wildman–Crippen LogP) is 3.58. The average molecular weight is 257 g/mol. The largest absolute Gasteiger partial charge is 0.352 e. The van der Waals surface area contributed by atoms with E-state index in [0.717, 1.165) is 19.3 Å². The van der Waals surface area contributed by atoms with Gasteiger partial charge in [-0.2, -0.15) is 0 Å². The zero-order chi connectivity index (χ0) is 13.8. The maximum atomic E-state index is 12.1. The molecule has 0 aliphatic heterocycles. The van der Waals surface area contributed by atoms with Crippen molar-refractivity contribution < 1.29 is 4.79 Å². The average Bonchev–Trinajstić information content (AvgIpc) is 2.38. The van der Waals surface area contributed by atoms with Crippen molar-refractivity contribution in [1.29, 1.82) is 0 Å². The van der Waals surface area contributed by atoms with E-state index in [0.29, 0.717) is 6.54 Å². The van der Waals surface area contributed by atoms with Crippen LogP contribution < -0.4 is 5.32 Å². The van der Waals surface area contributed by atoms with E-state index in [1.165, 1.54) is 22.3 Å². The highest BCUT2D eigenvalue weighted by atomic mass is 16.1. The van der Waals surface area contributed by atoms with Gasteiger partial charge in [0.1, 0.15) is 0 Å². The standard InChI is InChI=1S/C17H23NO/c1-12-9-13(2)16(14(3)10-12)11-18-17(19)15-7-5-4-6-8-15/h4-5,9-10,15H,6-8,11H2,1-3H3,(H,18,19). The Morgan fingerprint density at radius 2 is 1.89 bits per heavy atom. The molecule has 0 aromatic heterocycles. The molecule has 0 spiro atoms. The Bertz CT molecular complexity index is 479. The highest BCUT2D eigenvalue weighted by Gasteiger charge is 2.18. The fourth-order valence-corrected chi connectivity index (χ4v) is 2.84. The first-order chi connectivity index (χ1) is 9.08. The lowest BCUT2D eigenvalue weighted by Crippen LogP contribution is -2.31. The highest BCUT2D eigenvalue weighted by molar-refractivity contribution is 5.79. The third kappa shape index (κ3) is 3.46. The molecule has 1 unspecified atom stereocenters. The van der Waals surface area contributed by atoms with Crippen LogP contribution in [0.15, 0.2) is 24.3 Å². The minimum atomic E-state index is 0.163. The number of rotatable bonds is 3. The van der Waals surface area contributed by atoms with Crippen LogP contribution >= 0.6 is 0 Å². The van der Waals surface area contributed by atoms with Crippen LogP contribution in [0.1, 0.15) is 41.5 Å². The molecular weight excluding hydrogens is 234 g/mol. The normalized spacial score (nSPS) is 18.4. The van der Waals surface area contributed by atoms with E-state index in [1.54, 1.807) is 0 Å². The molecule has 1 amide bonds. The van der Waals surface area contributed by atoms with Gasteiger partial charge in [-0.25, -0.2) is 0 Å². The molecule has 1 aliphatic rings. The van der Waals surface area contributed by atoms with Gasteiger partial charge in [0.25, 0.3) is 0 Å². The second-order valence-corrected chi connectivity index (χ2v) is 5.58. The maximum Gasteiger partial charge on any atom is 0.223 e. The van der Waals surface area contributed by atoms with Crippen LogP contribution in [-0.2, 0) is 11.3 Å². The van der Waals surface area contributed by atoms with Gasteiger partial charge in [0.15, 0.2) is 0 Å². The zero-order valence-electron chi connectivity index (χ0n) is 12.1. The summed E-state index contributed by atoms with van der Waals surface area (Å²) < 4.78 is 0. The van der Waals surface area contributed by atoms with Crippen molar-refractivity contribution >= 4 is 5.91 Å². The summed E-state index contributed by atoms with van der Waals surface area (Å²) >= 11 is 0. The zero-order valence-corrected chi connectivity index (χ0v) is 12.1. The van der Waals surface area contributed by atoms with Gasteiger partial charge in [0, 0.05) is 12.5 Å². The SMILES string of the molecule is Cc1cc(C)c(CNC(=O)C2CC=CCC2)c(C)c1. The smallest absolute Gasteiger partial charge is 0.223 e. The molecule has 1 aromatic rings. The number of benzene rings is 1. The van der Waals surface area contributed by atoms with Gasteiger partial charge in [-0.3, -0.25) is 4.79 Å². The van der Waals surface area contributed by atoms with Crippen molar-refractivity contribution in [3.05, 3.63) is 46.5 Å². The first-order valence-electron chi connectivity index (χ1n) is 7.07. The quantitative estimate of drug-likeness (QED) is 0.824. The summed E-state index contributed by atoms with van der Waals surface area (Å²) in [6.07, 6.45) is 7.18. The minimum absolute atomic E-state index is 0.163. The third-order valence-corrected chi connectivity index (χ3v) is 3.92. The van der Waals surface area contributed by atoms with Crippen LogP contribution in [0, 0.1) is 26.7 Å². The van der Waals surface area contributed by atoms with Crippen LogP contribution in [0.2, 0.25) is 0 Å². The molecule has 19 heavy (non-hydrogen) atoms. The molecule has 0 heterocycles. The summed E-state index contributed by atoms with van der Waals surface area (Å²) in [5, 5.41) is 3.10. The van der Waals surface area contributed by atoms with Crippen molar-refractivity contribution in [2.45, 2.75) is 46.6 Å². The topological polar surface area (TPSA) is 29.1 Å². The fourth-order valence-electron chi connectivity index (χ4n) is 2.84. The summed E-state index contributed by atoms with van der Waals surface area (Å²) in [4.78, 5) is 12.1. The molecule has 1 aromatic carbocycles. The third-order valence-electron chi connectivity index (χ3n) is 3.92. The number of hydrogen-bond acceptors (Lipinski definition) is 1. The second-order valence-electron chi connectivity index (χ2n) is 5.58. The van der Waals surface area contributed by atoms with Gasteiger partial charge in [-0.05, 0) is 56.7 Å². The molecule has 2 nitrogen and oxygen atoms in total. The Kier molecular flexibility index (Phi) is 4.41. The number of hydrogen-bond donors (Lipinski definition) is 1. The van der Waals surface area contributed by atoms with Crippen molar-refractivity contribution in [1.82, 2.24) is 5.32 Å². The highest BCUT2D eigenvalue weighted by Crippen LogP contribution is 2.19. The number of carbonyl (C=O) groups excluding carboxylic acids is 1. The van der Waals surface area contributed by atoms with E-state index in [2.05, 4.69) is 50.4 Å². The molecule has 0 saturated carbocycles. The van der Waals surface area contributed by atoms with Gasteiger partial charge in [0.2, 0.25) is 5.91 Å². The Balaban J connectivity index is 1.99. The molecule has 0 bridgehead atoms. The lowest BCUT2D eigenvalue weighted by Gasteiger charge is -2.18. The van der Waals surface area contributed by atoms with E-state index in [-0.39, 0.29) is 11.8 Å². The Hall–Kier alpha value is -1.57. The summed E-state index contributed by atoms with van der Waals surface area (Å²) in [6, 6.07) is 4.36. The lowest BCUT2D eigenvalue weighted by atomic mass is 9.93. The first kappa shape index (κ1) is 13.9. The first-order valence-corrected chi connectivity index (χ1v) is 7.07. The molecular formula is C17H23NO. The second kappa shape index (κ2) is 6.05. The maximum absolute atomic E-state index is 12.1. The monoisotopic (exact) mass is 257 g/mol. The van der Waals surface area contributed by atoms with E-state index in [1.807, 2.05) is 0 Å². The summed E-state index contributed by atoms with van der Waals surface area (Å²) in [5.41, 5.74) is 5.07. The minimum Gasteiger partial charge on any atom is -0.352 e. The molecule has 0 fully saturated rings. The van der Waals surface area contributed by atoms with Crippen LogP contribution in [0.4, 0.5) is 0 Å². The molecule has 2 heteroatoms. The van der Waals surface area contributed by atoms with Crippen LogP contribution in [0.5, 0.6) is 0 Å². The van der Waals surface area contributed by atoms with Gasteiger partial charge >= 0.3 is 0 Å². The lowest BCUT2D eigenvalue weighted by molar-refractivity contribution is -0.125. The molecule has 0 radical (unpaired) electrons. The van der Waals surface area contributed by atoms with E-state index >= 15 is 0 Å². The number of nitrogens with one attached hydrogen (secondary N) is 1. The van der Waals surface area contributed by atoms with Crippen LogP contribution in [0.25, 0.3) is 0 Å². The number of carbonyl (C=O) groups is 1. The van der Waals surface area contributed by atoms with Crippen molar-refractivity contribution in [2.24, 2.45) is 5.92 Å². The van der Waals surface area contributed by atoms with Crippen LogP contribution in [0.3, 0.4) is 0 Å². The molecule has 1 N–H and O–H groups in total. The van der Waals surface area contributed by atoms with Gasteiger partial charge in [-0.1, -0.05) is 29.8 Å². The van der Waals surface area contributed by atoms with Crippen molar-refractivity contribution in [3.8, 4) is 0 Å². The van der Waals surface area contributed by atoms with E-state index < -0.39 is 0 Å². The molecule has 0 saturated heterocycles. The Labute approximate surface area is 115 Å². The van der Waals surface area contributed by atoms with Gasteiger partial charge in [-0.15, -0.1) is 0 Å². The number of allylic oxidation sites excluding steroid dienone is 2. The van der Waals surface area contributed by atoms with E-state index in [9.17, 15) is 4.79 Å². The predicted molar refractivity (Wildman–Crippen MR) is 79.0 cm³/mol. The Morgan fingerprint density at radius 1 is 1.21 bits per heavy atom. The summed E-state index contributed by atoms with van der Waals surface area (Å²) in [5.74, 6) is 0.361.